The Balaban J connectivity index is 1.92. The summed E-state index contributed by atoms with van der Waals surface area (Å²) in [4.78, 5) is 4.65. The van der Waals surface area contributed by atoms with Gasteiger partial charge in [-0.1, -0.05) is 6.92 Å². The van der Waals surface area contributed by atoms with Gasteiger partial charge in [-0.2, -0.15) is 5.10 Å². The Morgan fingerprint density at radius 2 is 2.06 bits per heavy atom. The molecule has 4 nitrogen and oxygen atoms in total. The molecule has 3 rings (SSSR count). The Hall–Kier alpha value is -1.62. The maximum Gasteiger partial charge on any atom is 0.127 e. The third kappa shape index (κ3) is 1.95. The van der Waals surface area contributed by atoms with E-state index in [1.54, 1.807) is 12.3 Å². The topological polar surface area (TPSA) is 35.2 Å². The molecule has 0 unspecified atom stereocenters. The lowest BCUT2D eigenvalue weighted by molar-refractivity contribution is 0.271. The van der Waals surface area contributed by atoms with Crippen LogP contribution in [-0.4, -0.2) is 47.8 Å². The molecular formula is C13H17FN4. The van der Waals surface area contributed by atoms with Crippen molar-refractivity contribution in [1.29, 1.82) is 0 Å². The zero-order valence-corrected chi connectivity index (χ0v) is 10.5. The molecular weight excluding hydrogens is 231 g/mol. The number of likely N-dealkylation sites (N-methyl/N-ethyl adjacent to an activating group) is 1. The van der Waals surface area contributed by atoms with Crippen LogP contribution in [0.4, 0.5) is 10.1 Å². The van der Waals surface area contributed by atoms with Gasteiger partial charge in [0, 0.05) is 31.6 Å². The van der Waals surface area contributed by atoms with Crippen LogP contribution in [0.15, 0.2) is 18.3 Å². The van der Waals surface area contributed by atoms with E-state index in [1.807, 2.05) is 0 Å². The number of nitrogens with zero attached hydrogens (tertiary/aromatic N) is 3. The van der Waals surface area contributed by atoms with Gasteiger partial charge in [0.25, 0.3) is 0 Å². The molecule has 1 fully saturated rings. The standard InChI is InChI=1S/C13H17FN4/c1-2-17-3-5-18(6-4-17)13-8-10(14)7-12-11(13)9-15-16-12/h7-9H,2-6H2,1H3,(H,15,16). The Bertz CT molecular complexity index is 543. The van der Waals surface area contributed by atoms with Crippen LogP contribution in [0.3, 0.4) is 0 Å². The van der Waals surface area contributed by atoms with Crippen molar-refractivity contribution in [3.05, 3.63) is 24.1 Å². The van der Waals surface area contributed by atoms with Gasteiger partial charge in [-0.05, 0) is 18.7 Å². The average molecular weight is 248 g/mol. The molecule has 1 N–H and O–H groups in total. The second-order valence-corrected chi connectivity index (χ2v) is 4.68. The van der Waals surface area contributed by atoms with Crippen molar-refractivity contribution in [3.8, 4) is 0 Å². The smallest absolute Gasteiger partial charge is 0.127 e. The number of anilines is 1. The normalized spacial score (nSPS) is 17.6. The van der Waals surface area contributed by atoms with Gasteiger partial charge >= 0.3 is 0 Å². The number of aromatic amines is 1. The van der Waals surface area contributed by atoms with Crippen molar-refractivity contribution in [3.63, 3.8) is 0 Å². The zero-order chi connectivity index (χ0) is 12.5. The predicted octanol–water partition coefficient (Wildman–Crippen LogP) is 1.84. The summed E-state index contributed by atoms with van der Waals surface area (Å²) in [6.07, 6.45) is 1.77. The number of rotatable bonds is 2. The van der Waals surface area contributed by atoms with Crippen molar-refractivity contribution in [2.45, 2.75) is 6.92 Å². The summed E-state index contributed by atoms with van der Waals surface area (Å²) in [5, 5.41) is 7.83. The van der Waals surface area contributed by atoms with Crippen LogP contribution in [0.25, 0.3) is 10.9 Å². The number of nitrogens with one attached hydrogen (secondary N) is 1. The molecule has 0 radical (unpaired) electrons. The minimum absolute atomic E-state index is 0.209. The molecule has 0 amide bonds. The predicted molar refractivity (Wildman–Crippen MR) is 70.4 cm³/mol. The van der Waals surface area contributed by atoms with Crippen molar-refractivity contribution in [1.82, 2.24) is 15.1 Å². The molecule has 2 aromatic rings. The second-order valence-electron chi connectivity index (χ2n) is 4.68. The molecule has 18 heavy (non-hydrogen) atoms. The molecule has 0 spiro atoms. The fraction of sp³-hybridized carbons (Fsp3) is 0.462. The van der Waals surface area contributed by atoms with Gasteiger partial charge in [0.1, 0.15) is 5.82 Å². The molecule has 0 atom stereocenters. The Morgan fingerprint density at radius 1 is 1.28 bits per heavy atom. The van der Waals surface area contributed by atoms with Gasteiger partial charge in [0.05, 0.1) is 17.4 Å². The van der Waals surface area contributed by atoms with E-state index < -0.39 is 0 Å². The summed E-state index contributed by atoms with van der Waals surface area (Å²) < 4.78 is 13.6. The first-order valence-electron chi connectivity index (χ1n) is 6.38. The van der Waals surface area contributed by atoms with Crippen LogP contribution >= 0.6 is 0 Å². The third-order valence-electron chi connectivity index (χ3n) is 3.66. The van der Waals surface area contributed by atoms with Crippen molar-refractivity contribution in [2.75, 3.05) is 37.6 Å². The van der Waals surface area contributed by atoms with E-state index in [0.29, 0.717) is 0 Å². The Kier molecular flexibility index (Phi) is 2.91. The molecule has 1 saturated heterocycles. The number of H-pyrrole nitrogens is 1. The van der Waals surface area contributed by atoms with Crippen LogP contribution in [0.2, 0.25) is 0 Å². The zero-order valence-electron chi connectivity index (χ0n) is 10.5. The molecule has 1 aromatic carbocycles. The fourth-order valence-corrected chi connectivity index (χ4v) is 2.56. The number of benzene rings is 1. The Morgan fingerprint density at radius 3 is 2.78 bits per heavy atom. The van der Waals surface area contributed by atoms with E-state index in [1.165, 1.54) is 6.07 Å². The molecule has 0 saturated carbocycles. The molecule has 5 heteroatoms. The SMILES string of the molecule is CCN1CCN(c2cc(F)cc3[nH]ncc23)CC1. The summed E-state index contributed by atoms with van der Waals surface area (Å²) in [7, 11) is 0. The van der Waals surface area contributed by atoms with Gasteiger partial charge in [0.2, 0.25) is 0 Å². The number of halogens is 1. The van der Waals surface area contributed by atoms with Crippen molar-refractivity contribution >= 4 is 16.6 Å². The molecule has 0 bridgehead atoms. The summed E-state index contributed by atoms with van der Waals surface area (Å²) in [6, 6.07) is 3.10. The van der Waals surface area contributed by atoms with Gasteiger partial charge in [-0.25, -0.2) is 4.39 Å². The molecule has 96 valence electrons. The minimum atomic E-state index is -0.209. The number of fused-ring (bicyclic) bond motifs is 1. The third-order valence-corrected chi connectivity index (χ3v) is 3.66. The summed E-state index contributed by atoms with van der Waals surface area (Å²) >= 11 is 0. The van der Waals surface area contributed by atoms with Crippen LogP contribution in [0, 0.1) is 5.82 Å². The molecule has 1 aliphatic heterocycles. The number of hydrogen-bond donors (Lipinski definition) is 1. The van der Waals surface area contributed by atoms with Crippen molar-refractivity contribution in [2.24, 2.45) is 0 Å². The maximum absolute atomic E-state index is 13.6. The van der Waals surface area contributed by atoms with Crippen LogP contribution in [0.5, 0.6) is 0 Å². The molecule has 2 heterocycles. The quantitative estimate of drug-likeness (QED) is 0.881. The van der Waals surface area contributed by atoms with E-state index in [0.717, 1.165) is 49.3 Å². The highest BCUT2D eigenvalue weighted by Crippen LogP contribution is 2.27. The van der Waals surface area contributed by atoms with E-state index in [9.17, 15) is 4.39 Å². The number of aromatic nitrogens is 2. The monoisotopic (exact) mass is 248 g/mol. The number of piperazine rings is 1. The van der Waals surface area contributed by atoms with Crippen LogP contribution < -0.4 is 4.90 Å². The maximum atomic E-state index is 13.6. The lowest BCUT2D eigenvalue weighted by Crippen LogP contribution is -2.46. The fourth-order valence-electron chi connectivity index (χ4n) is 2.56. The summed E-state index contributed by atoms with van der Waals surface area (Å²) in [5.74, 6) is -0.209. The summed E-state index contributed by atoms with van der Waals surface area (Å²) in [6.45, 7) is 7.21. The van der Waals surface area contributed by atoms with E-state index in [4.69, 9.17) is 0 Å². The van der Waals surface area contributed by atoms with Crippen LogP contribution in [-0.2, 0) is 0 Å². The first-order chi connectivity index (χ1) is 8.78. The highest BCUT2D eigenvalue weighted by atomic mass is 19.1. The average Bonchev–Trinajstić information content (AvgIpc) is 2.86. The molecule has 1 aromatic heterocycles. The van der Waals surface area contributed by atoms with E-state index in [-0.39, 0.29) is 5.82 Å². The van der Waals surface area contributed by atoms with Gasteiger partial charge < -0.3 is 9.80 Å². The van der Waals surface area contributed by atoms with Crippen molar-refractivity contribution < 1.29 is 4.39 Å². The molecule has 0 aliphatic carbocycles. The van der Waals surface area contributed by atoms with Gasteiger partial charge in [0.15, 0.2) is 0 Å². The van der Waals surface area contributed by atoms with Gasteiger partial charge in [-0.3, -0.25) is 5.10 Å². The second kappa shape index (κ2) is 4.57. The largest absolute Gasteiger partial charge is 0.368 e. The number of hydrogen-bond acceptors (Lipinski definition) is 3. The van der Waals surface area contributed by atoms with Gasteiger partial charge in [-0.15, -0.1) is 0 Å². The first-order valence-corrected chi connectivity index (χ1v) is 6.38. The van der Waals surface area contributed by atoms with E-state index >= 15 is 0 Å². The highest BCUT2D eigenvalue weighted by molar-refractivity contribution is 5.91. The first kappa shape index (κ1) is 11.5. The minimum Gasteiger partial charge on any atom is -0.368 e. The Labute approximate surface area is 105 Å². The highest BCUT2D eigenvalue weighted by Gasteiger charge is 2.18. The van der Waals surface area contributed by atoms with Crippen LogP contribution in [0.1, 0.15) is 6.92 Å². The lowest BCUT2D eigenvalue weighted by atomic mass is 10.1. The summed E-state index contributed by atoms with van der Waals surface area (Å²) in [5.41, 5.74) is 1.72. The molecule has 1 aliphatic rings. The van der Waals surface area contributed by atoms with E-state index in [2.05, 4.69) is 26.9 Å². The lowest BCUT2D eigenvalue weighted by Gasteiger charge is -2.35.